The number of fused-ring (bicyclic) bond motifs is 1. The van der Waals surface area contributed by atoms with Crippen molar-refractivity contribution >= 4 is 28.3 Å². The van der Waals surface area contributed by atoms with Crippen molar-refractivity contribution in [2.45, 2.75) is 6.92 Å². The minimum absolute atomic E-state index is 0.260. The molecule has 4 rings (SSSR count). The van der Waals surface area contributed by atoms with E-state index in [1.165, 1.54) is 0 Å². The number of benzene rings is 3. The molecular weight excluding hydrogens is 322 g/mol. The summed E-state index contributed by atoms with van der Waals surface area (Å²) in [6.07, 6.45) is 0. The van der Waals surface area contributed by atoms with Gasteiger partial charge in [0.15, 0.2) is 0 Å². The smallest absolute Gasteiger partial charge is 0.323 e. The summed E-state index contributed by atoms with van der Waals surface area (Å²) in [5.41, 5.74) is 5.76. The van der Waals surface area contributed by atoms with Gasteiger partial charge in [-0.25, -0.2) is 4.79 Å². The van der Waals surface area contributed by atoms with E-state index in [2.05, 4.69) is 33.8 Å². The molecule has 0 aliphatic rings. The van der Waals surface area contributed by atoms with Crippen LogP contribution in [0.25, 0.3) is 22.2 Å². The highest BCUT2D eigenvalue weighted by molar-refractivity contribution is 6.00. The van der Waals surface area contributed by atoms with Gasteiger partial charge in [-0.3, -0.25) is 0 Å². The summed E-state index contributed by atoms with van der Waals surface area (Å²) < 4.78 is 0. The summed E-state index contributed by atoms with van der Waals surface area (Å²) in [6, 6.07) is 25.5. The van der Waals surface area contributed by atoms with Gasteiger partial charge in [0.2, 0.25) is 0 Å². The van der Waals surface area contributed by atoms with Gasteiger partial charge in [-0.2, -0.15) is 0 Å². The highest BCUT2D eigenvalue weighted by atomic mass is 16.2. The van der Waals surface area contributed by atoms with Crippen LogP contribution in [0.3, 0.4) is 0 Å². The predicted molar refractivity (Wildman–Crippen MR) is 108 cm³/mol. The van der Waals surface area contributed by atoms with Crippen LogP contribution >= 0.6 is 0 Å². The summed E-state index contributed by atoms with van der Waals surface area (Å²) in [5, 5.41) is 6.91. The quantitative estimate of drug-likeness (QED) is 0.434. The summed E-state index contributed by atoms with van der Waals surface area (Å²) in [4.78, 5) is 15.7. The molecule has 3 aromatic carbocycles. The number of rotatable bonds is 3. The van der Waals surface area contributed by atoms with E-state index in [0.29, 0.717) is 0 Å². The Morgan fingerprint density at radius 3 is 2.31 bits per heavy atom. The van der Waals surface area contributed by atoms with Gasteiger partial charge < -0.3 is 15.6 Å². The first-order chi connectivity index (χ1) is 12.7. The van der Waals surface area contributed by atoms with E-state index in [0.717, 1.165) is 39.1 Å². The van der Waals surface area contributed by atoms with Crippen molar-refractivity contribution in [2.75, 3.05) is 10.6 Å². The van der Waals surface area contributed by atoms with E-state index in [1.54, 1.807) is 0 Å². The molecule has 4 heteroatoms. The number of para-hydroxylation sites is 1. The number of hydrogen-bond donors (Lipinski definition) is 3. The Bertz CT molecular complexity index is 1050. The molecule has 0 saturated carbocycles. The summed E-state index contributed by atoms with van der Waals surface area (Å²) >= 11 is 0. The standard InChI is InChI=1S/C22H19N3O/c1-15-6-4-9-18(12-15)23-22(26)24-19-10-5-8-16(13-19)21-14-17-7-2-3-11-20(17)25-21/h2-14,25H,1H3,(H2,23,24,26). The fraction of sp³-hybridized carbons (Fsp3) is 0.0455. The fourth-order valence-electron chi connectivity index (χ4n) is 3.01. The van der Waals surface area contributed by atoms with Crippen molar-refractivity contribution in [3.63, 3.8) is 0 Å². The third-order valence-electron chi connectivity index (χ3n) is 4.24. The molecule has 0 aliphatic heterocycles. The van der Waals surface area contributed by atoms with Gasteiger partial charge in [0.1, 0.15) is 0 Å². The first kappa shape index (κ1) is 16.0. The van der Waals surface area contributed by atoms with Crippen LogP contribution in [-0.2, 0) is 0 Å². The molecule has 3 N–H and O–H groups in total. The largest absolute Gasteiger partial charge is 0.355 e. The molecule has 0 spiro atoms. The number of H-pyrrole nitrogens is 1. The Kier molecular flexibility index (Phi) is 4.15. The van der Waals surface area contributed by atoms with Gasteiger partial charge in [0.25, 0.3) is 0 Å². The number of aryl methyl sites for hydroxylation is 1. The SMILES string of the molecule is Cc1cccc(NC(=O)Nc2cccc(-c3cc4ccccc4[nH]3)c2)c1. The van der Waals surface area contributed by atoms with Gasteiger partial charge in [-0.15, -0.1) is 0 Å². The molecule has 0 saturated heterocycles. The molecule has 4 aromatic rings. The first-order valence-electron chi connectivity index (χ1n) is 8.50. The van der Waals surface area contributed by atoms with Crippen LogP contribution < -0.4 is 10.6 Å². The number of aromatic nitrogens is 1. The van der Waals surface area contributed by atoms with Crippen molar-refractivity contribution < 1.29 is 4.79 Å². The molecule has 26 heavy (non-hydrogen) atoms. The molecule has 0 atom stereocenters. The monoisotopic (exact) mass is 341 g/mol. The van der Waals surface area contributed by atoms with E-state index in [4.69, 9.17) is 0 Å². The van der Waals surface area contributed by atoms with Crippen molar-refractivity contribution in [1.82, 2.24) is 4.98 Å². The molecule has 2 amide bonds. The molecule has 4 nitrogen and oxygen atoms in total. The molecule has 128 valence electrons. The number of hydrogen-bond acceptors (Lipinski definition) is 1. The lowest BCUT2D eigenvalue weighted by Crippen LogP contribution is -2.19. The zero-order valence-electron chi connectivity index (χ0n) is 14.4. The normalized spacial score (nSPS) is 10.7. The lowest BCUT2D eigenvalue weighted by Gasteiger charge is -2.09. The zero-order chi connectivity index (χ0) is 17.9. The number of amides is 2. The van der Waals surface area contributed by atoms with Crippen molar-refractivity contribution in [2.24, 2.45) is 0 Å². The number of carbonyl (C=O) groups excluding carboxylic acids is 1. The molecule has 1 heterocycles. The second-order valence-corrected chi connectivity index (χ2v) is 6.30. The van der Waals surface area contributed by atoms with Crippen LogP contribution in [0.4, 0.5) is 16.2 Å². The molecule has 0 radical (unpaired) electrons. The molecule has 0 aliphatic carbocycles. The third-order valence-corrected chi connectivity index (χ3v) is 4.24. The van der Waals surface area contributed by atoms with Gasteiger partial charge >= 0.3 is 6.03 Å². The predicted octanol–water partition coefficient (Wildman–Crippen LogP) is 5.79. The number of nitrogens with one attached hydrogen (secondary N) is 3. The Labute approximate surface area is 151 Å². The van der Waals surface area contributed by atoms with Crippen molar-refractivity contribution in [1.29, 1.82) is 0 Å². The van der Waals surface area contributed by atoms with Crippen LogP contribution in [0, 0.1) is 6.92 Å². The summed E-state index contributed by atoms with van der Waals surface area (Å²) in [6.45, 7) is 1.99. The molecule has 0 unspecified atom stereocenters. The maximum atomic E-state index is 12.3. The zero-order valence-corrected chi connectivity index (χ0v) is 14.4. The van der Waals surface area contributed by atoms with Crippen LogP contribution in [0.2, 0.25) is 0 Å². The highest BCUT2D eigenvalue weighted by Gasteiger charge is 2.06. The van der Waals surface area contributed by atoms with Gasteiger partial charge in [0.05, 0.1) is 0 Å². The fourth-order valence-corrected chi connectivity index (χ4v) is 3.01. The van der Waals surface area contributed by atoms with Crippen molar-refractivity contribution in [3.8, 4) is 11.3 Å². The third kappa shape index (κ3) is 3.44. The van der Waals surface area contributed by atoms with Crippen LogP contribution in [-0.4, -0.2) is 11.0 Å². The van der Waals surface area contributed by atoms with Crippen LogP contribution in [0.5, 0.6) is 0 Å². The Morgan fingerprint density at radius 1 is 0.808 bits per heavy atom. The van der Waals surface area contributed by atoms with E-state index in [-0.39, 0.29) is 6.03 Å². The van der Waals surface area contributed by atoms with E-state index in [9.17, 15) is 4.79 Å². The van der Waals surface area contributed by atoms with E-state index >= 15 is 0 Å². The van der Waals surface area contributed by atoms with Gasteiger partial charge in [-0.05, 0) is 48.9 Å². The van der Waals surface area contributed by atoms with Crippen LogP contribution in [0.15, 0.2) is 78.9 Å². The maximum Gasteiger partial charge on any atom is 0.323 e. The number of aromatic amines is 1. The summed E-state index contributed by atoms with van der Waals surface area (Å²) in [5.74, 6) is 0. The molecule has 1 aromatic heterocycles. The Hall–Kier alpha value is -3.53. The highest BCUT2D eigenvalue weighted by Crippen LogP contribution is 2.26. The molecule has 0 bridgehead atoms. The average molecular weight is 341 g/mol. The van der Waals surface area contributed by atoms with Gasteiger partial charge in [0, 0.05) is 33.5 Å². The van der Waals surface area contributed by atoms with E-state index < -0.39 is 0 Å². The lowest BCUT2D eigenvalue weighted by atomic mass is 10.1. The minimum Gasteiger partial charge on any atom is -0.355 e. The molecule has 0 fully saturated rings. The number of anilines is 2. The maximum absolute atomic E-state index is 12.3. The van der Waals surface area contributed by atoms with E-state index in [1.807, 2.05) is 67.6 Å². The number of carbonyl (C=O) groups is 1. The second kappa shape index (κ2) is 6.76. The molecular formula is C22H19N3O. The topological polar surface area (TPSA) is 56.9 Å². The average Bonchev–Trinajstić information content (AvgIpc) is 3.06. The lowest BCUT2D eigenvalue weighted by molar-refractivity contribution is 0.262. The number of urea groups is 1. The van der Waals surface area contributed by atoms with Crippen molar-refractivity contribution in [3.05, 3.63) is 84.4 Å². The minimum atomic E-state index is -0.260. The summed E-state index contributed by atoms with van der Waals surface area (Å²) in [7, 11) is 0. The van der Waals surface area contributed by atoms with Crippen LogP contribution in [0.1, 0.15) is 5.56 Å². The van der Waals surface area contributed by atoms with Gasteiger partial charge in [-0.1, -0.05) is 42.5 Å². The second-order valence-electron chi connectivity index (χ2n) is 6.30. The Morgan fingerprint density at radius 2 is 1.54 bits per heavy atom. The Balaban J connectivity index is 1.53. The first-order valence-corrected chi connectivity index (χ1v) is 8.50.